The van der Waals surface area contributed by atoms with Crippen molar-refractivity contribution in [3.05, 3.63) is 131 Å². The fourth-order valence-corrected chi connectivity index (χ4v) is 5.82. The summed E-state index contributed by atoms with van der Waals surface area (Å²) in [6.07, 6.45) is 2.37. The average Bonchev–Trinajstić information content (AvgIpc) is 3.23. The number of ether oxygens (including phenoxy) is 3. The minimum absolute atomic E-state index is 0.146. The lowest BCUT2D eigenvalue weighted by atomic mass is 9.75. The molecule has 0 aromatic heterocycles. The van der Waals surface area contributed by atoms with Crippen molar-refractivity contribution in [1.29, 1.82) is 0 Å². The van der Waals surface area contributed by atoms with Crippen molar-refractivity contribution < 1.29 is 23.8 Å². The van der Waals surface area contributed by atoms with Gasteiger partial charge in [-0.1, -0.05) is 91.0 Å². The zero-order valence-electron chi connectivity index (χ0n) is 20.7. The third kappa shape index (κ3) is 3.86. The van der Waals surface area contributed by atoms with Crippen LogP contribution in [0.15, 0.2) is 114 Å². The first-order valence-electron chi connectivity index (χ1n) is 12.6. The average molecular weight is 493 g/mol. The van der Waals surface area contributed by atoms with Crippen LogP contribution >= 0.6 is 0 Å². The van der Waals surface area contributed by atoms with E-state index in [1.807, 2.05) is 97.1 Å². The van der Waals surface area contributed by atoms with Crippen LogP contribution < -0.4 is 0 Å². The molecule has 6 rings (SSSR count). The number of fused-ring (bicyclic) bond motifs is 3. The molecule has 3 aliphatic rings. The van der Waals surface area contributed by atoms with Crippen LogP contribution in [-0.4, -0.2) is 30.4 Å². The van der Waals surface area contributed by atoms with Crippen LogP contribution in [0, 0.1) is 0 Å². The van der Waals surface area contributed by atoms with Crippen LogP contribution in [0.1, 0.15) is 29.5 Å². The van der Waals surface area contributed by atoms with E-state index >= 15 is 0 Å². The number of carbonyl (C=O) groups excluding carboxylic acids is 2. The largest absolute Gasteiger partial charge is 0.497 e. The van der Waals surface area contributed by atoms with Gasteiger partial charge in [-0.3, -0.25) is 9.59 Å². The highest BCUT2D eigenvalue weighted by atomic mass is 16.8. The van der Waals surface area contributed by atoms with Crippen molar-refractivity contribution in [3.8, 4) is 0 Å². The molecule has 2 fully saturated rings. The summed E-state index contributed by atoms with van der Waals surface area (Å²) in [6.45, 7) is 0. The molecule has 1 aliphatic carbocycles. The minimum atomic E-state index is -1.68. The lowest BCUT2D eigenvalue weighted by Crippen LogP contribution is -2.55. The zero-order chi connectivity index (χ0) is 25.5. The SMILES string of the molecule is COC1=C(Cc2ccccc2)C=C(Cc2ccccc2)C(=O)C12OC1(c3ccccc3)CCC(=O)C2O1. The maximum Gasteiger partial charge on any atom is 0.224 e. The van der Waals surface area contributed by atoms with E-state index in [9.17, 15) is 9.59 Å². The molecule has 3 atom stereocenters. The summed E-state index contributed by atoms with van der Waals surface area (Å²) in [5, 5.41) is 0. The maximum absolute atomic E-state index is 14.4. The molecule has 3 aromatic rings. The number of methoxy groups -OCH3 is 1. The summed E-state index contributed by atoms with van der Waals surface area (Å²) in [4.78, 5) is 27.8. The molecular weight excluding hydrogens is 464 g/mol. The Balaban J connectivity index is 1.53. The molecule has 1 spiro atoms. The Labute approximate surface area is 216 Å². The van der Waals surface area contributed by atoms with Crippen LogP contribution in [0.4, 0.5) is 0 Å². The van der Waals surface area contributed by atoms with Gasteiger partial charge in [0.25, 0.3) is 0 Å². The second kappa shape index (κ2) is 9.25. The number of benzene rings is 3. The molecule has 5 nitrogen and oxygen atoms in total. The number of carbonyl (C=O) groups is 2. The summed E-state index contributed by atoms with van der Waals surface area (Å²) in [6, 6.07) is 29.4. The van der Waals surface area contributed by atoms with Crippen molar-refractivity contribution in [1.82, 2.24) is 0 Å². The predicted molar refractivity (Wildman–Crippen MR) is 138 cm³/mol. The Hall–Kier alpha value is -3.80. The van der Waals surface area contributed by atoms with Crippen LogP contribution in [-0.2, 0) is 42.4 Å². The first kappa shape index (κ1) is 23.6. The molecule has 0 N–H and O–H groups in total. The molecule has 37 heavy (non-hydrogen) atoms. The normalized spacial score (nSPS) is 26.9. The summed E-state index contributed by atoms with van der Waals surface area (Å²) < 4.78 is 19.2. The van der Waals surface area contributed by atoms with Crippen molar-refractivity contribution in [2.75, 3.05) is 7.11 Å². The minimum Gasteiger partial charge on any atom is -0.497 e. The highest BCUT2D eigenvalue weighted by Crippen LogP contribution is 2.55. The van der Waals surface area contributed by atoms with Crippen molar-refractivity contribution >= 4 is 11.6 Å². The number of hydrogen-bond donors (Lipinski definition) is 0. The van der Waals surface area contributed by atoms with E-state index in [0.717, 1.165) is 22.3 Å². The highest BCUT2D eigenvalue weighted by molar-refractivity contribution is 6.10. The van der Waals surface area contributed by atoms with Crippen LogP contribution in [0.5, 0.6) is 0 Å². The number of rotatable bonds is 6. The van der Waals surface area contributed by atoms with Gasteiger partial charge in [0.1, 0.15) is 5.76 Å². The Kier molecular flexibility index (Phi) is 5.90. The molecule has 5 heteroatoms. The lowest BCUT2D eigenvalue weighted by molar-refractivity contribution is -0.210. The molecule has 186 valence electrons. The molecular formula is C32H28O5. The van der Waals surface area contributed by atoms with Gasteiger partial charge in [-0.25, -0.2) is 0 Å². The van der Waals surface area contributed by atoms with Gasteiger partial charge in [-0.15, -0.1) is 0 Å². The third-order valence-corrected chi connectivity index (χ3v) is 7.50. The van der Waals surface area contributed by atoms with Gasteiger partial charge in [0.05, 0.1) is 7.11 Å². The quantitative estimate of drug-likeness (QED) is 0.470. The predicted octanol–water partition coefficient (Wildman–Crippen LogP) is 5.25. The van der Waals surface area contributed by atoms with Crippen LogP contribution in [0.2, 0.25) is 0 Å². The Bertz CT molecular complexity index is 1390. The fourth-order valence-electron chi connectivity index (χ4n) is 5.82. The van der Waals surface area contributed by atoms with Gasteiger partial charge in [0.15, 0.2) is 17.7 Å². The van der Waals surface area contributed by atoms with Crippen molar-refractivity contribution in [2.24, 2.45) is 0 Å². The van der Waals surface area contributed by atoms with Crippen LogP contribution in [0.3, 0.4) is 0 Å². The molecule has 2 heterocycles. The Morgan fingerprint density at radius 1 is 0.838 bits per heavy atom. The summed E-state index contributed by atoms with van der Waals surface area (Å²) >= 11 is 0. The van der Waals surface area contributed by atoms with E-state index in [0.29, 0.717) is 30.6 Å². The molecule has 2 bridgehead atoms. The van der Waals surface area contributed by atoms with Crippen molar-refractivity contribution in [3.63, 3.8) is 0 Å². The summed E-state index contributed by atoms with van der Waals surface area (Å²) in [7, 11) is 1.54. The summed E-state index contributed by atoms with van der Waals surface area (Å²) in [5.74, 6) is -1.27. The molecule has 3 aromatic carbocycles. The van der Waals surface area contributed by atoms with E-state index in [4.69, 9.17) is 14.2 Å². The molecule has 3 unspecified atom stereocenters. The molecule has 2 saturated heterocycles. The van der Waals surface area contributed by atoms with Crippen molar-refractivity contribution in [2.45, 2.75) is 43.2 Å². The van der Waals surface area contributed by atoms with E-state index in [1.165, 1.54) is 7.11 Å². The number of hydrogen-bond acceptors (Lipinski definition) is 5. The topological polar surface area (TPSA) is 61.8 Å². The number of ketones is 2. The van der Waals surface area contributed by atoms with Gasteiger partial charge in [-0.05, 0) is 22.8 Å². The van der Waals surface area contributed by atoms with E-state index in [-0.39, 0.29) is 18.0 Å². The second-order valence-corrected chi connectivity index (χ2v) is 9.80. The smallest absolute Gasteiger partial charge is 0.224 e. The first-order valence-corrected chi connectivity index (χ1v) is 12.6. The Morgan fingerprint density at radius 2 is 1.43 bits per heavy atom. The van der Waals surface area contributed by atoms with E-state index in [1.54, 1.807) is 0 Å². The monoisotopic (exact) mass is 492 g/mol. The lowest BCUT2D eigenvalue weighted by Gasteiger charge is -2.36. The first-order chi connectivity index (χ1) is 18.1. The van der Waals surface area contributed by atoms with Gasteiger partial charge < -0.3 is 14.2 Å². The van der Waals surface area contributed by atoms with Gasteiger partial charge in [0.2, 0.25) is 11.4 Å². The fraction of sp³-hybridized carbons (Fsp3) is 0.250. The van der Waals surface area contributed by atoms with Crippen LogP contribution in [0.25, 0.3) is 0 Å². The van der Waals surface area contributed by atoms with E-state index in [2.05, 4.69) is 0 Å². The van der Waals surface area contributed by atoms with Gasteiger partial charge >= 0.3 is 0 Å². The highest BCUT2D eigenvalue weighted by Gasteiger charge is 2.70. The zero-order valence-corrected chi connectivity index (χ0v) is 20.7. The molecule has 0 radical (unpaired) electrons. The molecule has 0 saturated carbocycles. The molecule has 0 amide bonds. The van der Waals surface area contributed by atoms with E-state index < -0.39 is 17.5 Å². The number of allylic oxidation sites excluding steroid dienone is 2. The Morgan fingerprint density at radius 3 is 2.05 bits per heavy atom. The maximum atomic E-state index is 14.4. The summed E-state index contributed by atoms with van der Waals surface area (Å²) in [5.41, 5.74) is 2.56. The van der Waals surface area contributed by atoms with Gasteiger partial charge in [0, 0.05) is 36.8 Å². The number of Topliss-reactive ketones (excluding diaryl/α,β-unsaturated/α-hetero) is 2. The molecule has 2 aliphatic heterocycles. The standard InChI is InChI=1S/C32H28O5/c1-35-29-25(20-23-13-7-3-8-14-23)21-24(19-22-11-5-2-6-12-22)28(34)32(29)30-27(33)17-18-31(36-30,37-32)26-15-9-4-10-16-26/h2-16,21,30H,17-20H2,1H3. The second-order valence-electron chi connectivity index (χ2n) is 9.80. The third-order valence-electron chi connectivity index (χ3n) is 7.50. The van der Waals surface area contributed by atoms with Gasteiger partial charge in [-0.2, -0.15) is 0 Å².